The second kappa shape index (κ2) is 3.87. The zero-order valence-electron chi connectivity index (χ0n) is 12.2. The summed E-state index contributed by atoms with van der Waals surface area (Å²) in [4.78, 5) is 12.1. The van der Waals surface area contributed by atoms with Gasteiger partial charge in [-0.3, -0.25) is 0 Å². The van der Waals surface area contributed by atoms with E-state index in [1.54, 1.807) is 0 Å². The van der Waals surface area contributed by atoms with E-state index < -0.39 is 5.60 Å². The number of hydrogen-bond acceptors (Lipinski definition) is 3. The van der Waals surface area contributed by atoms with Gasteiger partial charge in [0.1, 0.15) is 5.60 Å². The number of ether oxygens (including phenoxy) is 1. The van der Waals surface area contributed by atoms with E-state index in [9.17, 15) is 9.90 Å². The highest BCUT2D eigenvalue weighted by Gasteiger charge is 2.64. The molecule has 4 heteroatoms. The summed E-state index contributed by atoms with van der Waals surface area (Å²) in [5.74, 6) is 1.21. The Hall–Kier alpha value is -0.770. The first-order chi connectivity index (χ1) is 8.76. The van der Waals surface area contributed by atoms with E-state index in [1.165, 1.54) is 6.42 Å². The number of rotatable bonds is 2. The topological polar surface area (TPSA) is 58.6 Å². The molecule has 0 aliphatic heterocycles. The molecule has 0 aromatic rings. The van der Waals surface area contributed by atoms with Crippen LogP contribution in [0.3, 0.4) is 0 Å². The van der Waals surface area contributed by atoms with Crippen molar-refractivity contribution in [3.05, 3.63) is 0 Å². The van der Waals surface area contributed by atoms with Gasteiger partial charge in [0.25, 0.3) is 0 Å². The predicted molar refractivity (Wildman–Crippen MR) is 71.7 cm³/mol. The van der Waals surface area contributed by atoms with E-state index in [4.69, 9.17) is 4.74 Å². The molecule has 4 atom stereocenters. The molecule has 0 spiro atoms. The van der Waals surface area contributed by atoms with Gasteiger partial charge in [0.2, 0.25) is 0 Å². The molecule has 108 valence electrons. The van der Waals surface area contributed by atoms with E-state index in [1.807, 2.05) is 20.8 Å². The molecular weight excluding hydrogens is 242 g/mol. The van der Waals surface area contributed by atoms with Crippen molar-refractivity contribution in [2.24, 2.45) is 17.3 Å². The molecule has 4 saturated carbocycles. The molecule has 0 saturated heterocycles. The summed E-state index contributed by atoms with van der Waals surface area (Å²) in [5.41, 5.74) is -0.486. The third kappa shape index (κ3) is 2.14. The summed E-state index contributed by atoms with van der Waals surface area (Å²) >= 11 is 0. The van der Waals surface area contributed by atoms with Gasteiger partial charge in [0, 0.05) is 12.1 Å². The van der Waals surface area contributed by atoms with Crippen LogP contribution in [0.25, 0.3) is 0 Å². The van der Waals surface area contributed by atoms with Gasteiger partial charge in [0.05, 0.1) is 0 Å². The molecule has 2 N–H and O–H groups in total. The van der Waals surface area contributed by atoms with Crippen molar-refractivity contribution in [1.29, 1.82) is 0 Å². The quantitative estimate of drug-likeness (QED) is 0.808. The summed E-state index contributed by atoms with van der Waals surface area (Å²) in [7, 11) is 0. The lowest BCUT2D eigenvalue weighted by molar-refractivity contribution is 0.0341. The fourth-order valence-corrected chi connectivity index (χ4v) is 4.96. The van der Waals surface area contributed by atoms with Gasteiger partial charge in [-0.25, -0.2) is 4.79 Å². The minimum atomic E-state index is -0.453. The fourth-order valence-electron chi connectivity index (χ4n) is 4.96. The van der Waals surface area contributed by atoms with Crippen LogP contribution in [-0.2, 0) is 4.74 Å². The van der Waals surface area contributed by atoms with Gasteiger partial charge in [-0.15, -0.1) is 0 Å². The van der Waals surface area contributed by atoms with Crippen molar-refractivity contribution in [3.63, 3.8) is 0 Å². The molecule has 0 aromatic heterocycles. The SMILES string of the molecule is CC(C)(C)OC(=O)NC12CC3CC1CC(CO)(C3)C2. The van der Waals surface area contributed by atoms with E-state index in [-0.39, 0.29) is 23.7 Å². The minimum absolute atomic E-state index is 0.0703. The molecule has 4 bridgehead atoms. The average molecular weight is 267 g/mol. The highest BCUT2D eigenvalue weighted by atomic mass is 16.6. The van der Waals surface area contributed by atoms with Crippen molar-refractivity contribution in [1.82, 2.24) is 5.32 Å². The van der Waals surface area contributed by atoms with Crippen LogP contribution >= 0.6 is 0 Å². The van der Waals surface area contributed by atoms with Crippen molar-refractivity contribution in [2.75, 3.05) is 6.61 Å². The molecule has 4 unspecified atom stereocenters. The highest BCUT2D eigenvalue weighted by Crippen LogP contribution is 2.65. The molecule has 4 aliphatic carbocycles. The number of carbonyl (C=O) groups is 1. The Kier molecular flexibility index (Phi) is 2.70. The predicted octanol–water partition coefficient (Wildman–Crippen LogP) is 2.45. The van der Waals surface area contributed by atoms with Crippen molar-refractivity contribution in [2.45, 2.75) is 64.0 Å². The number of nitrogens with one attached hydrogen (secondary N) is 1. The van der Waals surface area contributed by atoms with E-state index in [0.29, 0.717) is 11.8 Å². The maximum absolute atomic E-state index is 12.1. The number of aliphatic hydroxyl groups is 1. The summed E-state index contributed by atoms with van der Waals surface area (Å²) in [6.45, 7) is 5.92. The van der Waals surface area contributed by atoms with Crippen LogP contribution in [0, 0.1) is 17.3 Å². The molecule has 4 aliphatic rings. The lowest BCUT2D eigenvalue weighted by atomic mass is 9.69. The lowest BCUT2D eigenvalue weighted by Crippen LogP contribution is -2.52. The largest absolute Gasteiger partial charge is 0.444 e. The van der Waals surface area contributed by atoms with Gasteiger partial charge in [0.15, 0.2) is 0 Å². The van der Waals surface area contributed by atoms with E-state index in [0.717, 1.165) is 25.7 Å². The van der Waals surface area contributed by atoms with Crippen LogP contribution in [0.1, 0.15) is 52.9 Å². The van der Waals surface area contributed by atoms with Gasteiger partial charge in [-0.05, 0) is 70.1 Å². The molecule has 1 amide bonds. The summed E-state index contributed by atoms with van der Waals surface area (Å²) in [5, 5.41) is 12.9. The minimum Gasteiger partial charge on any atom is -0.444 e. The zero-order valence-corrected chi connectivity index (χ0v) is 12.2. The highest BCUT2D eigenvalue weighted by molar-refractivity contribution is 5.69. The Morgan fingerprint density at radius 3 is 2.74 bits per heavy atom. The summed E-state index contributed by atoms with van der Waals surface area (Å²) in [6, 6.07) is 0. The first-order valence-electron chi connectivity index (χ1n) is 7.38. The van der Waals surface area contributed by atoms with Crippen molar-refractivity contribution < 1.29 is 14.6 Å². The van der Waals surface area contributed by atoms with Crippen LogP contribution in [0.5, 0.6) is 0 Å². The molecule has 4 rings (SSSR count). The van der Waals surface area contributed by atoms with Crippen LogP contribution in [-0.4, -0.2) is 28.9 Å². The zero-order chi connectivity index (χ0) is 13.9. The standard InChI is InChI=1S/C15H25NO3/c1-13(2,3)19-12(18)16-15-6-10-4-11(15)7-14(5-10,8-15)9-17/h10-11,17H,4-9H2,1-3H3,(H,16,18). The maximum atomic E-state index is 12.1. The summed E-state index contributed by atoms with van der Waals surface area (Å²) < 4.78 is 5.41. The Morgan fingerprint density at radius 1 is 1.37 bits per heavy atom. The molecule has 0 aromatic carbocycles. The van der Waals surface area contributed by atoms with Crippen LogP contribution in [0.2, 0.25) is 0 Å². The third-order valence-electron chi connectivity index (χ3n) is 5.23. The van der Waals surface area contributed by atoms with E-state index in [2.05, 4.69) is 5.32 Å². The molecule has 4 fully saturated rings. The van der Waals surface area contributed by atoms with Gasteiger partial charge >= 0.3 is 6.09 Å². The van der Waals surface area contributed by atoms with Crippen LogP contribution in [0.15, 0.2) is 0 Å². The number of alkyl carbamates (subject to hydrolysis) is 1. The van der Waals surface area contributed by atoms with E-state index >= 15 is 0 Å². The van der Waals surface area contributed by atoms with Crippen LogP contribution in [0.4, 0.5) is 4.79 Å². The number of amides is 1. The Bertz CT molecular complexity index is 403. The van der Waals surface area contributed by atoms with Gasteiger partial charge in [-0.2, -0.15) is 0 Å². The third-order valence-corrected chi connectivity index (χ3v) is 5.23. The Morgan fingerprint density at radius 2 is 2.11 bits per heavy atom. The molecule has 4 nitrogen and oxygen atoms in total. The smallest absolute Gasteiger partial charge is 0.408 e. The monoisotopic (exact) mass is 267 g/mol. The second-order valence-electron chi connectivity index (χ2n) is 8.03. The van der Waals surface area contributed by atoms with Gasteiger partial charge < -0.3 is 15.2 Å². The maximum Gasteiger partial charge on any atom is 0.408 e. The normalized spacial score (nSPS) is 43.6. The lowest BCUT2D eigenvalue weighted by Gasteiger charge is -2.40. The number of hydrogen-bond donors (Lipinski definition) is 2. The van der Waals surface area contributed by atoms with Crippen molar-refractivity contribution in [3.8, 4) is 0 Å². The van der Waals surface area contributed by atoms with Crippen LogP contribution < -0.4 is 5.32 Å². The second-order valence-corrected chi connectivity index (χ2v) is 8.03. The molecule has 19 heavy (non-hydrogen) atoms. The first-order valence-corrected chi connectivity index (χ1v) is 7.38. The van der Waals surface area contributed by atoms with Crippen molar-refractivity contribution >= 4 is 6.09 Å². The fraction of sp³-hybridized carbons (Fsp3) is 0.933. The summed E-state index contributed by atoms with van der Waals surface area (Å²) in [6.07, 6.45) is 5.11. The Labute approximate surface area is 114 Å². The number of carbonyl (C=O) groups excluding carboxylic acids is 1. The molecule has 0 heterocycles. The number of aliphatic hydroxyl groups excluding tert-OH is 1. The average Bonchev–Trinajstić information content (AvgIpc) is 2.58. The first kappa shape index (κ1) is 13.2. The Balaban J connectivity index is 1.73. The molecular formula is C15H25NO3. The molecule has 0 radical (unpaired) electrons. The van der Waals surface area contributed by atoms with Gasteiger partial charge in [-0.1, -0.05) is 0 Å².